The van der Waals surface area contributed by atoms with Crippen molar-refractivity contribution in [2.45, 2.75) is 46.5 Å². The van der Waals surface area contributed by atoms with E-state index in [0.717, 1.165) is 12.8 Å². The molecule has 14 heavy (non-hydrogen) atoms. The summed E-state index contributed by atoms with van der Waals surface area (Å²) in [5, 5.41) is 0. The fraction of sp³-hybridized carbons (Fsp3) is 0.917. The fourth-order valence-electron chi connectivity index (χ4n) is 1.80. The quantitative estimate of drug-likeness (QED) is 0.602. The highest BCUT2D eigenvalue weighted by molar-refractivity contribution is 5.78. The lowest BCUT2D eigenvalue weighted by atomic mass is 9.95. The smallest absolute Gasteiger partial charge is 0.133 e. The molecule has 0 heterocycles. The van der Waals surface area contributed by atoms with Crippen LogP contribution in [-0.2, 0) is 9.53 Å². The van der Waals surface area contributed by atoms with Gasteiger partial charge in [0.05, 0.1) is 0 Å². The van der Waals surface area contributed by atoms with E-state index in [0.29, 0.717) is 30.6 Å². The van der Waals surface area contributed by atoms with Crippen molar-refractivity contribution >= 4 is 5.78 Å². The zero-order valence-corrected chi connectivity index (χ0v) is 10.0. The minimum atomic E-state index is 0.362. The summed E-state index contributed by atoms with van der Waals surface area (Å²) < 4.78 is 5.00. The fourth-order valence-corrected chi connectivity index (χ4v) is 1.80. The molecule has 0 aliphatic heterocycles. The highest BCUT2D eigenvalue weighted by Gasteiger charge is 2.12. The van der Waals surface area contributed by atoms with Crippen LogP contribution in [0.1, 0.15) is 46.5 Å². The average Bonchev–Trinajstić information content (AvgIpc) is 2.03. The first kappa shape index (κ1) is 13.6. The molecule has 0 aliphatic carbocycles. The lowest BCUT2D eigenvalue weighted by Gasteiger charge is -2.12. The summed E-state index contributed by atoms with van der Waals surface area (Å²) in [6, 6.07) is 0. The molecule has 0 aromatic rings. The second-order valence-corrected chi connectivity index (χ2v) is 4.40. The number of carbonyl (C=O) groups is 1. The molecule has 0 rings (SSSR count). The number of rotatable bonds is 8. The van der Waals surface area contributed by atoms with Gasteiger partial charge in [0, 0.05) is 26.6 Å². The molecule has 0 saturated carbocycles. The Morgan fingerprint density at radius 3 is 2.29 bits per heavy atom. The first-order chi connectivity index (χ1) is 6.60. The molecule has 0 aromatic heterocycles. The highest BCUT2D eigenvalue weighted by atomic mass is 16.5. The maximum Gasteiger partial charge on any atom is 0.133 e. The number of carbonyl (C=O) groups excluding carboxylic acids is 1. The molecule has 84 valence electrons. The molecule has 0 bridgehead atoms. The first-order valence-corrected chi connectivity index (χ1v) is 5.60. The minimum Gasteiger partial charge on any atom is -0.384 e. The van der Waals surface area contributed by atoms with Gasteiger partial charge in [-0.1, -0.05) is 33.6 Å². The normalized spacial score (nSPS) is 15.1. The van der Waals surface area contributed by atoms with Crippen molar-refractivity contribution in [1.82, 2.24) is 0 Å². The highest BCUT2D eigenvalue weighted by Crippen LogP contribution is 2.14. The van der Waals surface area contributed by atoms with Gasteiger partial charge in [0.1, 0.15) is 5.78 Å². The van der Waals surface area contributed by atoms with Gasteiger partial charge < -0.3 is 4.74 Å². The Morgan fingerprint density at radius 1 is 1.21 bits per heavy atom. The largest absolute Gasteiger partial charge is 0.384 e. The third-order valence-corrected chi connectivity index (χ3v) is 2.38. The maximum atomic E-state index is 11.6. The van der Waals surface area contributed by atoms with Crippen molar-refractivity contribution < 1.29 is 9.53 Å². The topological polar surface area (TPSA) is 26.3 Å². The molecule has 0 fully saturated rings. The minimum absolute atomic E-state index is 0.362. The number of Topliss-reactive ketones (excluding diaryl/α,β-unsaturated/α-hetero) is 1. The van der Waals surface area contributed by atoms with E-state index in [1.54, 1.807) is 7.11 Å². The number of hydrogen-bond donors (Lipinski definition) is 0. The van der Waals surface area contributed by atoms with E-state index in [2.05, 4.69) is 20.8 Å². The predicted octanol–water partition coefficient (Wildman–Crippen LogP) is 3.05. The van der Waals surface area contributed by atoms with Gasteiger partial charge in [0.25, 0.3) is 0 Å². The SMILES string of the molecule is CCCC(C)CC(=O)CC(C)COC. The van der Waals surface area contributed by atoms with Crippen LogP contribution in [0.4, 0.5) is 0 Å². The summed E-state index contributed by atoms with van der Waals surface area (Å²) in [5.74, 6) is 1.29. The zero-order valence-electron chi connectivity index (χ0n) is 10.0. The second-order valence-electron chi connectivity index (χ2n) is 4.40. The third-order valence-electron chi connectivity index (χ3n) is 2.38. The van der Waals surface area contributed by atoms with Gasteiger partial charge in [-0.15, -0.1) is 0 Å². The molecule has 0 N–H and O–H groups in total. The van der Waals surface area contributed by atoms with Crippen molar-refractivity contribution in [1.29, 1.82) is 0 Å². The second kappa shape index (κ2) is 7.98. The van der Waals surface area contributed by atoms with E-state index in [1.807, 2.05) is 0 Å². The van der Waals surface area contributed by atoms with E-state index < -0.39 is 0 Å². The molecular weight excluding hydrogens is 176 g/mol. The Kier molecular flexibility index (Phi) is 7.77. The molecule has 0 aromatic carbocycles. The van der Waals surface area contributed by atoms with Crippen LogP contribution in [0.5, 0.6) is 0 Å². The van der Waals surface area contributed by atoms with Crippen LogP contribution in [0.3, 0.4) is 0 Å². The van der Waals surface area contributed by atoms with Crippen LogP contribution in [0, 0.1) is 11.8 Å². The lowest BCUT2D eigenvalue weighted by molar-refractivity contribution is -0.121. The Morgan fingerprint density at radius 2 is 1.79 bits per heavy atom. The summed E-state index contributed by atoms with van der Waals surface area (Å²) in [4.78, 5) is 11.6. The number of hydrogen-bond acceptors (Lipinski definition) is 2. The maximum absolute atomic E-state index is 11.6. The molecule has 2 unspecified atom stereocenters. The van der Waals surface area contributed by atoms with Crippen molar-refractivity contribution in [3.63, 3.8) is 0 Å². The number of ether oxygens (including phenoxy) is 1. The molecule has 2 heteroatoms. The third kappa shape index (κ3) is 7.07. The monoisotopic (exact) mass is 200 g/mol. The van der Waals surface area contributed by atoms with Crippen LogP contribution in [-0.4, -0.2) is 19.5 Å². The van der Waals surface area contributed by atoms with Crippen molar-refractivity contribution in [2.75, 3.05) is 13.7 Å². The number of ketones is 1. The first-order valence-electron chi connectivity index (χ1n) is 5.60. The summed E-state index contributed by atoms with van der Waals surface area (Å²) >= 11 is 0. The molecule has 0 amide bonds. The molecular formula is C12H24O2. The summed E-state index contributed by atoms with van der Waals surface area (Å²) in [7, 11) is 1.68. The van der Waals surface area contributed by atoms with Crippen molar-refractivity contribution in [3.05, 3.63) is 0 Å². The van der Waals surface area contributed by atoms with Gasteiger partial charge in [-0.2, -0.15) is 0 Å². The van der Waals surface area contributed by atoms with Gasteiger partial charge in [-0.25, -0.2) is 0 Å². The van der Waals surface area contributed by atoms with Crippen molar-refractivity contribution in [3.8, 4) is 0 Å². The standard InChI is InChI=1S/C12H24O2/c1-5-6-10(2)7-12(13)8-11(3)9-14-4/h10-11H,5-9H2,1-4H3. The molecule has 0 saturated heterocycles. The summed E-state index contributed by atoms with van der Waals surface area (Å²) in [6.07, 6.45) is 3.73. The van der Waals surface area contributed by atoms with Crippen LogP contribution >= 0.6 is 0 Å². The number of methoxy groups -OCH3 is 1. The van der Waals surface area contributed by atoms with Crippen LogP contribution in [0.25, 0.3) is 0 Å². The van der Waals surface area contributed by atoms with Crippen molar-refractivity contribution in [2.24, 2.45) is 11.8 Å². The van der Waals surface area contributed by atoms with E-state index >= 15 is 0 Å². The Hall–Kier alpha value is -0.370. The van der Waals surface area contributed by atoms with E-state index in [-0.39, 0.29) is 0 Å². The Balaban J connectivity index is 3.63. The van der Waals surface area contributed by atoms with Crippen LogP contribution < -0.4 is 0 Å². The van der Waals surface area contributed by atoms with E-state index in [4.69, 9.17) is 4.74 Å². The van der Waals surface area contributed by atoms with Gasteiger partial charge >= 0.3 is 0 Å². The van der Waals surface area contributed by atoms with Gasteiger partial charge in [0.15, 0.2) is 0 Å². The Bertz CT molecular complexity index is 138. The van der Waals surface area contributed by atoms with E-state index in [9.17, 15) is 4.79 Å². The molecule has 0 aliphatic rings. The predicted molar refractivity (Wildman–Crippen MR) is 59.4 cm³/mol. The average molecular weight is 200 g/mol. The summed E-state index contributed by atoms with van der Waals surface area (Å²) in [5.41, 5.74) is 0. The molecule has 0 radical (unpaired) electrons. The Labute approximate surface area is 88.0 Å². The van der Waals surface area contributed by atoms with Crippen LogP contribution in [0.2, 0.25) is 0 Å². The van der Waals surface area contributed by atoms with Gasteiger partial charge in [-0.3, -0.25) is 4.79 Å². The molecule has 0 spiro atoms. The summed E-state index contributed by atoms with van der Waals surface area (Å²) in [6.45, 7) is 7.07. The zero-order chi connectivity index (χ0) is 11.0. The van der Waals surface area contributed by atoms with E-state index in [1.165, 1.54) is 6.42 Å². The van der Waals surface area contributed by atoms with Gasteiger partial charge in [0.2, 0.25) is 0 Å². The molecule has 2 nitrogen and oxygen atoms in total. The van der Waals surface area contributed by atoms with Gasteiger partial charge in [-0.05, 0) is 11.8 Å². The molecule has 2 atom stereocenters. The van der Waals surface area contributed by atoms with Crippen LogP contribution in [0.15, 0.2) is 0 Å². The lowest BCUT2D eigenvalue weighted by Crippen LogP contribution is -2.13.